The van der Waals surface area contributed by atoms with Crippen LogP contribution in [-0.4, -0.2) is 23.5 Å². The van der Waals surface area contributed by atoms with Crippen molar-refractivity contribution in [1.82, 2.24) is 0 Å². The van der Waals surface area contributed by atoms with E-state index >= 15 is 0 Å². The Morgan fingerprint density at radius 3 is 2.55 bits per heavy atom. The maximum Gasteiger partial charge on any atom is 0.338 e. The van der Waals surface area contributed by atoms with Crippen LogP contribution in [0.15, 0.2) is 48.5 Å². The Morgan fingerprint density at radius 1 is 1.10 bits per heavy atom. The van der Waals surface area contributed by atoms with Crippen molar-refractivity contribution >= 4 is 23.4 Å². The minimum absolute atomic E-state index is 0.0446. The second-order valence-corrected chi connectivity index (χ2v) is 4.44. The number of phenolic OH excluding ortho intramolecular Hbond substituents is 1. The molecule has 0 fully saturated rings. The molecule has 4 nitrogen and oxygen atoms in total. The van der Waals surface area contributed by atoms with Gasteiger partial charge in [0.1, 0.15) is 5.75 Å². The first-order valence-electron chi connectivity index (χ1n) is 5.82. The molecule has 0 heterocycles. The van der Waals surface area contributed by atoms with Crippen LogP contribution in [0.25, 0.3) is 0 Å². The van der Waals surface area contributed by atoms with Gasteiger partial charge in [-0.15, -0.1) is 0 Å². The van der Waals surface area contributed by atoms with E-state index in [0.29, 0.717) is 10.6 Å². The zero-order valence-corrected chi connectivity index (χ0v) is 11.1. The topological polar surface area (TPSA) is 63.6 Å². The maximum atomic E-state index is 11.9. The van der Waals surface area contributed by atoms with E-state index < -0.39 is 12.6 Å². The molecule has 0 aliphatic heterocycles. The van der Waals surface area contributed by atoms with Crippen LogP contribution in [0.5, 0.6) is 5.75 Å². The van der Waals surface area contributed by atoms with E-state index in [1.54, 1.807) is 24.3 Å². The Labute approximate surface area is 120 Å². The van der Waals surface area contributed by atoms with Crippen LogP contribution in [0, 0.1) is 0 Å². The summed E-state index contributed by atoms with van der Waals surface area (Å²) >= 11 is 5.88. The first kappa shape index (κ1) is 14.1. The van der Waals surface area contributed by atoms with Crippen LogP contribution in [0.3, 0.4) is 0 Å². The summed E-state index contributed by atoms with van der Waals surface area (Å²) in [5.74, 6) is -1.11. The summed E-state index contributed by atoms with van der Waals surface area (Å²) in [5, 5.41) is 9.57. The minimum atomic E-state index is -0.679. The van der Waals surface area contributed by atoms with Gasteiger partial charge in [-0.2, -0.15) is 0 Å². The predicted molar refractivity (Wildman–Crippen MR) is 74.2 cm³/mol. The van der Waals surface area contributed by atoms with Gasteiger partial charge in [-0.05, 0) is 30.3 Å². The highest BCUT2D eigenvalue weighted by Gasteiger charge is 2.14. The van der Waals surface area contributed by atoms with Crippen molar-refractivity contribution in [2.45, 2.75) is 0 Å². The Kier molecular flexibility index (Phi) is 4.38. The van der Waals surface area contributed by atoms with E-state index in [-0.39, 0.29) is 17.1 Å². The molecule has 0 saturated heterocycles. The SMILES string of the molecule is O=C(OCC(=O)c1ccccc1Cl)c1cccc(O)c1. The molecule has 1 N–H and O–H groups in total. The summed E-state index contributed by atoms with van der Waals surface area (Å²) in [4.78, 5) is 23.6. The molecule has 20 heavy (non-hydrogen) atoms. The smallest absolute Gasteiger partial charge is 0.338 e. The lowest BCUT2D eigenvalue weighted by atomic mass is 10.1. The van der Waals surface area contributed by atoms with Crippen molar-refractivity contribution in [3.63, 3.8) is 0 Å². The fourth-order valence-electron chi connectivity index (χ4n) is 1.61. The number of aromatic hydroxyl groups is 1. The van der Waals surface area contributed by atoms with Gasteiger partial charge in [0.2, 0.25) is 5.78 Å². The van der Waals surface area contributed by atoms with Crippen LogP contribution in [0.2, 0.25) is 5.02 Å². The second-order valence-electron chi connectivity index (χ2n) is 4.03. The van der Waals surface area contributed by atoms with E-state index in [4.69, 9.17) is 16.3 Å². The van der Waals surface area contributed by atoms with Gasteiger partial charge in [0.15, 0.2) is 6.61 Å². The third-order valence-corrected chi connectivity index (χ3v) is 2.92. The van der Waals surface area contributed by atoms with Crippen molar-refractivity contribution < 1.29 is 19.4 Å². The average molecular weight is 291 g/mol. The van der Waals surface area contributed by atoms with Crippen molar-refractivity contribution in [2.75, 3.05) is 6.61 Å². The number of carbonyl (C=O) groups is 2. The number of esters is 1. The Bertz CT molecular complexity index is 652. The first-order chi connectivity index (χ1) is 9.58. The standard InChI is InChI=1S/C15H11ClO4/c16-13-7-2-1-6-12(13)14(18)9-20-15(19)10-4-3-5-11(17)8-10/h1-8,17H,9H2. The van der Waals surface area contributed by atoms with Crippen LogP contribution in [0.4, 0.5) is 0 Å². The molecule has 0 radical (unpaired) electrons. The number of phenols is 1. The molecule has 2 rings (SSSR count). The predicted octanol–water partition coefficient (Wildman–Crippen LogP) is 3.09. The number of rotatable bonds is 4. The largest absolute Gasteiger partial charge is 0.508 e. The highest BCUT2D eigenvalue weighted by Crippen LogP contribution is 2.16. The molecule has 0 saturated carbocycles. The molecule has 5 heteroatoms. The Hall–Kier alpha value is -2.33. The van der Waals surface area contributed by atoms with Crippen LogP contribution < -0.4 is 0 Å². The van der Waals surface area contributed by atoms with Gasteiger partial charge < -0.3 is 9.84 Å². The molecular weight excluding hydrogens is 280 g/mol. The minimum Gasteiger partial charge on any atom is -0.508 e. The molecular formula is C15H11ClO4. The summed E-state index contributed by atoms with van der Waals surface area (Å²) < 4.78 is 4.90. The third-order valence-electron chi connectivity index (χ3n) is 2.59. The molecule has 0 spiro atoms. The van der Waals surface area contributed by atoms with E-state index in [0.717, 1.165) is 0 Å². The van der Waals surface area contributed by atoms with Gasteiger partial charge in [0.05, 0.1) is 10.6 Å². The number of hydrogen-bond acceptors (Lipinski definition) is 4. The van der Waals surface area contributed by atoms with Crippen molar-refractivity contribution in [1.29, 1.82) is 0 Å². The molecule has 0 amide bonds. The van der Waals surface area contributed by atoms with E-state index in [1.165, 1.54) is 24.3 Å². The molecule has 2 aromatic carbocycles. The number of hydrogen-bond donors (Lipinski definition) is 1. The van der Waals surface area contributed by atoms with Crippen molar-refractivity contribution in [2.24, 2.45) is 0 Å². The zero-order valence-electron chi connectivity index (χ0n) is 10.4. The fourth-order valence-corrected chi connectivity index (χ4v) is 1.85. The van der Waals surface area contributed by atoms with Gasteiger partial charge in [-0.25, -0.2) is 4.79 Å². The second kappa shape index (κ2) is 6.21. The van der Waals surface area contributed by atoms with Gasteiger partial charge in [0.25, 0.3) is 0 Å². The van der Waals surface area contributed by atoms with Gasteiger partial charge >= 0.3 is 5.97 Å². The normalized spacial score (nSPS) is 10.1. The van der Waals surface area contributed by atoms with Gasteiger partial charge in [-0.1, -0.05) is 29.8 Å². The quantitative estimate of drug-likeness (QED) is 0.694. The zero-order chi connectivity index (χ0) is 14.5. The van der Waals surface area contributed by atoms with Crippen LogP contribution >= 0.6 is 11.6 Å². The molecule has 2 aromatic rings. The first-order valence-corrected chi connectivity index (χ1v) is 6.19. The number of ketones is 1. The monoisotopic (exact) mass is 290 g/mol. The Morgan fingerprint density at radius 2 is 1.85 bits per heavy atom. The molecule has 0 aliphatic carbocycles. The molecule has 102 valence electrons. The van der Waals surface area contributed by atoms with E-state index in [9.17, 15) is 14.7 Å². The maximum absolute atomic E-state index is 11.9. The van der Waals surface area contributed by atoms with Gasteiger partial charge in [0, 0.05) is 5.56 Å². The van der Waals surface area contributed by atoms with E-state index in [1.807, 2.05) is 0 Å². The Balaban J connectivity index is 2.01. The van der Waals surface area contributed by atoms with Crippen molar-refractivity contribution in [3.8, 4) is 5.75 Å². The summed E-state index contributed by atoms with van der Waals surface area (Å²) in [6.07, 6.45) is 0. The molecule has 0 bridgehead atoms. The third kappa shape index (κ3) is 3.36. The lowest BCUT2D eigenvalue weighted by Gasteiger charge is -2.05. The number of ether oxygens (including phenoxy) is 1. The lowest BCUT2D eigenvalue weighted by Crippen LogP contribution is -2.14. The van der Waals surface area contributed by atoms with Crippen LogP contribution in [-0.2, 0) is 4.74 Å². The van der Waals surface area contributed by atoms with Gasteiger partial charge in [-0.3, -0.25) is 4.79 Å². The highest BCUT2D eigenvalue weighted by atomic mass is 35.5. The number of carbonyl (C=O) groups excluding carboxylic acids is 2. The average Bonchev–Trinajstić information content (AvgIpc) is 2.45. The molecule has 0 aromatic heterocycles. The highest BCUT2D eigenvalue weighted by molar-refractivity contribution is 6.34. The van der Waals surface area contributed by atoms with E-state index in [2.05, 4.69) is 0 Å². The lowest BCUT2D eigenvalue weighted by molar-refractivity contribution is 0.0474. The molecule has 0 unspecified atom stereocenters. The number of benzene rings is 2. The molecule has 0 aliphatic rings. The summed E-state index contributed by atoms with van der Waals surface area (Å²) in [6, 6.07) is 12.2. The summed E-state index contributed by atoms with van der Waals surface area (Å²) in [7, 11) is 0. The fraction of sp³-hybridized carbons (Fsp3) is 0.0667. The number of halogens is 1. The van der Waals surface area contributed by atoms with Crippen molar-refractivity contribution in [3.05, 3.63) is 64.7 Å². The summed E-state index contributed by atoms with van der Waals surface area (Å²) in [5.41, 5.74) is 0.481. The molecule has 0 atom stereocenters. The number of Topliss-reactive ketones (excluding diaryl/α,β-unsaturated/α-hetero) is 1. The van der Waals surface area contributed by atoms with Crippen LogP contribution in [0.1, 0.15) is 20.7 Å². The summed E-state index contributed by atoms with van der Waals surface area (Å²) in [6.45, 7) is -0.405.